The fraction of sp³-hybridized carbons (Fsp3) is 0. The quantitative estimate of drug-likeness (QED) is 0.461. The van der Waals surface area contributed by atoms with Gasteiger partial charge < -0.3 is 0 Å². The lowest BCUT2D eigenvalue weighted by molar-refractivity contribution is -0.113. The summed E-state index contributed by atoms with van der Waals surface area (Å²) in [4.78, 5) is 20.3. The summed E-state index contributed by atoms with van der Waals surface area (Å²) in [6, 6.07) is 19.5. The maximum absolute atomic E-state index is 12.7. The maximum atomic E-state index is 12.7. The zero-order valence-electron chi connectivity index (χ0n) is 13.0. The van der Waals surface area contributed by atoms with Gasteiger partial charge in [0.25, 0.3) is 5.91 Å². The third-order valence-corrected chi connectivity index (χ3v) is 5.92. The third-order valence-electron chi connectivity index (χ3n) is 3.63. The molecule has 2 heterocycles. The first-order valence-corrected chi connectivity index (χ1v) is 9.61. The summed E-state index contributed by atoms with van der Waals surface area (Å²) in [6.07, 6.45) is 3.66. The average molecular weight is 381 g/mol. The standard InChI is InChI=1S/C19H12N2OS3/c22-18-16(25-19(23)21(18)14-9-5-2-6-10-14)11-15-12-20-17(24-15)13-7-3-1-4-8-13/h1-12H/b16-11-. The van der Waals surface area contributed by atoms with Crippen molar-refractivity contribution in [2.24, 2.45) is 0 Å². The van der Waals surface area contributed by atoms with Crippen molar-refractivity contribution in [3.63, 3.8) is 0 Å². The number of thiazole rings is 1. The lowest BCUT2D eigenvalue weighted by atomic mass is 10.2. The van der Waals surface area contributed by atoms with E-state index in [0.717, 1.165) is 21.1 Å². The Morgan fingerprint density at radius 3 is 2.40 bits per heavy atom. The largest absolute Gasteiger partial charge is 0.270 e. The molecule has 0 N–H and O–H groups in total. The first kappa shape index (κ1) is 16.2. The summed E-state index contributed by atoms with van der Waals surface area (Å²) < 4.78 is 0.551. The first-order chi connectivity index (χ1) is 12.2. The SMILES string of the molecule is O=C1/C(=C/c2cnc(-c3ccccc3)s2)SC(=S)N1c1ccccc1. The number of benzene rings is 2. The molecule has 0 spiro atoms. The highest BCUT2D eigenvalue weighted by Crippen LogP contribution is 2.37. The Morgan fingerprint density at radius 2 is 1.68 bits per heavy atom. The number of thioether (sulfide) groups is 1. The van der Waals surface area contributed by atoms with Gasteiger partial charge in [-0.2, -0.15) is 0 Å². The molecule has 1 aliphatic rings. The zero-order chi connectivity index (χ0) is 17.2. The van der Waals surface area contributed by atoms with Crippen LogP contribution in [0.5, 0.6) is 0 Å². The number of nitrogens with zero attached hydrogens (tertiary/aromatic N) is 2. The van der Waals surface area contributed by atoms with Crippen LogP contribution >= 0.6 is 35.3 Å². The molecule has 0 atom stereocenters. The number of anilines is 1. The number of carbonyl (C=O) groups excluding carboxylic acids is 1. The highest BCUT2D eigenvalue weighted by molar-refractivity contribution is 8.27. The minimum absolute atomic E-state index is 0.0872. The van der Waals surface area contributed by atoms with Gasteiger partial charge in [-0.05, 0) is 18.2 Å². The summed E-state index contributed by atoms with van der Waals surface area (Å²) in [5.41, 5.74) is 1.87. The highest BCUT2D eigenvalue weighted by atomic mass is 32.2. The van der Waals surface area contributed by atoms with E-state index in [0.29, 0.717) is 9.23 Å². The van der Waals surface area contributed by atoms with E-state index in [2.05, 4.69) is 4.98 Å². The van der Waals surface area contributed by atoms with Gasteiger partial charge in [-0.15, -0.1) is 11.3 Å². The maximum Gasteiger partial charge on any atom is 0.270 e. The fourth-order valence-electron chi connectivity index (χ4n) is 2.46. The van der Waals surface area contributed by atoms with Crippen LogP contribution in [0.25, 0.3) is 16.6 Å². The van der Waals surface area contributed by atoms with E-state index in [1.807, 2.05) is 66.7 Å². The molecule has 0 saturated carbocycles. The lowest BCUT2D eigenvalue weighted by Gasteiger charge is -2.13. The number of hydrogen-bond donors (Lipinski definition) is 0. The van der Waals surface area contributed by atoms with Gasteiger partial charge in [0.2, 0.25) is 0 Å². The van der Waals surface area contributed by atoms with E-state index in [1.54, 1.807) is 22.4 Å². The Bertz CT molecular complexity index is 965. The molecule has 0 bridgehead atoms. The van der Waals surface area contributed by atoms with Gasteiger partial charge in [-0.3, -0.25) is 9.69 Å². The Balaban J connectivity index is 1.62. The number of amides is 1. The minimum Gasteiger partial charge on any atom is -0.268 e. The Morgan fingerprint density at radius 1 is 1.00 bits per heavy atom. The van der Waals surface area contributed by atoms with E-state index in [4.69, 9.17) is 12.2 Å². The van der Waals surface area contributed by atoms with E-state index in [-0.39, 0.29) is 5.91 Å². The van der Waals surface area contributed by atoms with E-state index >= 15 is 0 Å². The normalized spacial score (nSPS) is 16.0. The second kappa shape index (κ2) is 6.92. The molecule has 1 aromatic heterocycles. The second-order valence-corrected chi connectivity index (χ2v) is 8.02. The fourth-order valence-corrected chi connectivity index (χ4v) is 4.69. The predicted molar refractivity (Wildman–Crippen MR) is 110 cm³/mol. The Labute approximate surface area is 159 Å². The van der Waals surface area contributed by atoms with Gasteiger partial charge in [-0.25, -0.2) is 4.98 Å². The van der Waals surface area contributed by atoms with Crippen LogP contribution in [0.4, 0.5) is 5.69 Å². The topological polar surface area (TPSA) is 33.2 Å². The van der Waals surface area contributed by atoms with Crippen molar-refractivity contribution >= 4 is 57.3 Å². The molecular formula is C19H12N2OS3. The first-order valence-electron chi connectivity index (χ1n) is 7.56. The van der Waals surface area contributed by atoms with E-state index in [1.165, 1.54) is 11.8 Å². The molecule has 122 valence electrons. The van der Waals surface area contributed by atoms with E-state index in [9.17, 15) is 4.79 Å². The lowest BCUT2D eigenvalue weighted by Crippen LogP contribution is -2.27. The number of para-hydroxylation sites is 1. The van der Waals surface area contributed by atoms with E-state index < -0.39 is 0 Å². The summed E-state index contributed by atoms with van der Waals surface area (Å²) in [5.74, 6) is -0.0872. The molecule has 3 nitrogen and oxygen atoms in total. The van der Waals surface area contributed by atoms with Crippen molar-refractivity contribution in [3.05, 3.63) is 76.6 Å². The number of rotatable bonds is 3. The molecule has 0 unspecified atom stereocenters. The van der Waals surface area contributed by atoms with Crippen LogP contribution in [-0.2, 0) is 4.79 Å². The van der Waals surface area contributed by atoms with Gasteiger partial charge >= 0.3 is 0 Å². The van der Waals surface area contributed by atoms with Crippen molar-refractivity contribution in [2.75, 3.05) is 4.90 Å². The van der Waals surface area contributed by atoms with Crippen LogP contribution in [0.15, 0.2) is 71.8 Å². The summed E-state index contributed by atoms with van der Waals surface area (Å²) >= 11 is 8.27. The molecule has 6 heteroatoms. The van der Waals surface area contributed by atoms with Gasteiger partial charge in [0.1, 0.15) is 5.01 Å². The smallest absolute Gasteiger partial charge is 0.268 e. The van der Waals surface area contributed by atoms with Crippen molar-refractivity contribution in [2.45, 2.75) is 0 Å². The van der Waals surface area contributed by atoms with Crippen LogP contribution in [-0.4, -0.2) is 15.2 Å². The molecule has 1 saturated heterocycles. The van der Waals surface area contributed by atoms with Crippen LogP contribution in [0.3, 0.4) is 0 Å². The van der Waals surface area contributed by atoms with Crippen LogP contribution in [0.2, 0.25) is 0 Å². The minimum atomic E-state index is -0.0872. The monoisotopic (exact) mass is 380 g/mol. The van der Waals surface area contributed by atoms with Crippen LogP contribution in [0.1, 0.15) is 4.88 Å². The number of carbonyl (C=O) groups is 1. The van der Waals surface area contributed by atoms with Gasteiger partial charge in [0, 0.05) is 16.6 Å². The van der Waals surface area contributed by atoms with Gasteiger partial charge in [0.15, 0.2) is 4.32 Å². The number of thiocarbonyl (C=S) groups is 1. The van der Waals surface area contributed by atoms with Crippen molar-refractivity contribution < 1.29 is 4.79 Å². The zero-order valence-corrected chi connectivity index (χ0v) is 15.4. The summed E-state index contributed by atoms with van der Waals surface area (Å²) in [6.45, 7) is 0. The molecule has 1 amide bonds. The number of hydrogen-bond acceptors (Lipinski definition) is 5. The molecular weight excluding hydrogens is 368 g/mol. The molecule has 4 rings (SSSR count). The van der Waals surface area contributed by atoms with Crippen LogP contribution < -0.4 is 4.90 Å². The van der Waals surface area contributed by atoms with Crippen molar-refractivity contribution in [1.82, 2.24) is 4.98 Å². The Kier molecular flexibility index (Phi) is 4.48. The molecule has 25 heavy (non-hydrogen) atoms. The molecule has 0 aliphatic carbocycles. The second-order valence-electron chi connectivity index (χ2n) is 5.29. The predicted octanol–water partition coefficient (Wildman–Crippen LogP) is 5.22. The molecule has 2 aromatic carbocycles. The van der Waals surface area contributed by atoms with Crippen molar-refractivity contribution in [1.29, 1.82) is 0 Å². The third kappa shape index (κ3) is 3.28. The van der Waals surface area contributed by atoms with Gasteiger partial charge in [-0.1, -0.05) is 72.5 Å². The molecule has 3 aromatic rings. The average Bonchev–Trinajstić information content (AvgIpc) is 3.22. The van der Waals surface area contributed by atoms with Crippen molar-refractivity contribution in [3.8, 4) is 10.6 Å². The Hall–Kier alpha value is -2.28. The molecule has 0 radical (unpaired) electrons. The highest BCUT2D eigenvalue weighted by Gasteiger charge is 2.33. The molecule has 1 fully saturated rings. The van der Waals surface area contributed by atoms with Crippen LogP contribution in [0, 0.1) is 0 Å². The summed E-state index contributed by atoms with van der Waals surface area (Å²) in [7, 11) is 0. The van der Waals surface area contributed by atoms with Gasteiger partial charge in [0.05, 0.1) is 10.6 Å². The number of aromatic nitrogens is 1. The molecule has 1 aliphatic heterocycles. The summed E-state index contributed by atoms with van der Waals surface area (Å²) in [5, 5.41) is 0.936.